The molecule has 0 fully saturated rings. The lowest BCUT2D eigenvalue weighted by Crippen LogP contribution is -2.24. The lowest BCUT2D eigenvalue weighted by molar-refractivity contribution is 0.0956. The number of benzene rings is 1. The smallest absolute Gasteiger partial charge is 0.253 e. The van der Waals surface area contributed by atoms with Crippen molar-refractivity contribution in [2.75, 3.05) is 13.6 Å². The summed E-state index contributed by atoms with van der Waals surface area (Å²) in [5.41, 5.74) is 4.86. The Labute approximate surface area is 166 Å². The topological polar surface area (TPSA) is 50.2 Å². The molecular weight excluding hydrogens is 348 g/mol. The van der Waals surface area contributed by atoms with Crippen LogP contribution in [0.15, 0.2) is 60.0 Å². The lowest BCUT2D eigenvalue weighted by atomic mass is 10.2. The van der Waals surface area contributed by atoms with Crippen molar-refractivity contribution in [3.63, 3.8) is 0 Å². The van der Waals surface area contributed by atoms with E-state index in [1.165, 1.54) is 11.3 Å². The van der Waals surface area contributed by atoms with E-state index in [0.717, 1.165) is 23.3 Å². The molecule has 0 atom stereocenters. The van der Waals surface area contributed by atoms with Crippen molar-refractivity contribution in [1.29, 1.82) is 0 Å². The first-order valence-corrected chi connectivity index (χ1v) is 9.66. The number of nitrogens with zero attached hydrogens (tertiary/aromatic N) is 3. The minimum absolute atomic E-state index is 0.0315. The quantitative estimate of drug-likeness (QED) is 0.597. The Bertz CT molecular complexity index is 991. The van der Waals surface area contributed by atoms with Crippen LogP contribution in [-0.2, 0) is 6.54 Å². The van der Waals surface area contributed by atoms with Gasteiger partial charge in [-0.3, -0.25) is 4.79 Å². The molecule has 0 bridgehead atoms. The number of allylic oxidation sites excluding steroid dienone is 6. The van der Waals surface area contributed by atoms with Gasteiger partial charge in [-0.2, -0.15) is 0 Å². The molecule has 0 spiro atoms. The molecule has 1 aliphatic heterocycles. The summed E-state index contributed by atoms with van der Waals surface area (Å²) in [5, 5.41) is 2.95. The molecule has 1 N–H and O–H groups in total. The maximum atomic E-state index is 12.3. The monoisotopic (exact) mass is 376 g/mol. The van der Waals surface area contributed by atoms with Gasteiger partial charge in [-0.25, -0.2) is 4.98 Å². The second-order valence-electron chi connectivity index (χ2n) is 6.95. The molecule has 0 radical (unpaired) electrons. The maximum Gasteiger partial charge on any atom is 0.253 e. The van der Waals surface area contributed by atoms with E-state index in [0.29, 0.717) is 18.7 Å². The van der Waals surface area contributed by atoms with E-state index in [2.05, 4.69) is 52.9 Å². The minimum atomic E-state index is -0.0315. The van der Waals surface area contributed by atoms with Gasteiger partial charge < -0.3 is 14.8 Å². The molecule has 0 aliphatic carbocycles. The summed E-state index contributed by atoms with van der Waals surface area (Å²) in [6.45, 7) is 7.57. The number of carbonyl (C=O) groups excluding carboxylic acids is 1. The summed E-state index contributed by atoms with van der Waals surface area (Å²) in [6.07, 6.45) is 13.5. The molecule has 5 nitrogen and oxygen atoms in total. The highest BCUT2D eigenvalue weighted by Crippen LogP contribution is 2.23. The Balaban J connectivity index is 1.87. The second-order valence-corrected chi connectivity index (χ2v) is 6.95. The molecule has 1 aromatic carbocycles. The molecule has 28 heavy (non-hydrogen) atoms. The van der Waals surface area contributed by atoms with Gasteiger partial charge in [0.2, 0.25) is 0 Å². The van der Waals surface area contributed by atoms with Crippen molar-refractivity contribution in [3.05, 3.63) is 71.4 Å². The number of hydrogen-bond donors (Lipinski definition) is 1. The average Bonchev–Trinajstić information content (AvgIpc) is 2.96. The Morgan fingerprint density at radius 2 is 2.14 bits per heavy atom. The summed E-state index contributed by atoms with van der Waals surface area (Å²) in [5.74, 6) is 0.830. The molecule has 0 saturated carbocycles. The van der Waals surface area contributed by atoms with Crippen molar-refractivity contribution < 1.29 is 4.79 Å². The molecule has 146 valence electrons. The first kappa shape index (κ1) is 19.7. The van der Waals surface area contributed by atoms with E-state index in [-0.39, 0.29) is 5.91 Å². The van der Waals surface area contributed by atoms with E-state index in [4.69, 9.17) is 4.98 Å². The van der Waals surface area contributed by atoms with Crippen LogP contribution < -0.4 is 5.32 Å². The van der Waals surface area contributed by atoms with Gasteiger partial charge in [0.15, 0.2) is 0 Å². The number of amides is 1. The summed E-state index contributed by atoms with van der Waals surface area (Å²) in [7, 11) is 2.04. The Morgan fingerprint density at radius 3 is 2.93 bits per heavy atom. The zero-order valence-corrected chi connectivity index (χ0v) is 17.1. The van der Waals surface area contributed by atoms with E-state index in [9.17, 15) is 4.79 Å². The Hall–Kier alpha value is -3.08. The fourth-order valence-corrected chi connectivity index (χ4v) is 3.27. The summed E-state index contributed by atoms with van der Waals surface area (Å²) < 4.78 is 2.12. The van der Waals surface area contributed by atoms with Crippen LogP contribution in [0.2, 0.25) is 0 Å². The molecule has 0 unspecified atom stereocenters. The first-order valence-electron chi connectivity index (χ1n) is 9.66. The van der Waals surface area contributed by atoms with E-state index in [1.807, 2.05) is 44.4 Å². The van der Waals surface area contributed by atoms with Crippen LogP contribution in [0.5, 0.6) is 0 Å². The van der Waals surface area contributed by atoms with Gasteiger partial charge in [-0.1, -0.05) is 30.4 Å². The molecule has 2 aromatic rings. The van der Waals surface area contributed by atoms with Crippen LogP contribution in [-0.4, -0.2) is 34.0 Å². The Morgan fingerprint density at radius 1 is 1.32 bits per heavy atom. The third kappa shape index (κ3) is 4.09. The lowest BCUT2D eigenvalue weighted by Gasteiger charge is -2.16. The third-order valence-electron chi connectivity index (χ3n) is 5.08. The maximum absolute atomic E-state index is 12.3. The van der Waals surface area contributed by atoms with Crippen LogP contribution in [0.4, 0.5) is 0 Å². The van der Waals surface area contributed by atoms with Crippen molar-refractivity contribution in [2.45, 2.75) is 33.7 Å². The number of imidazole rings is 1. The largest absolute Gasteiger partial charge is 0.354 e. The molecule has 2 heterocycles. The normalized spacial score (nSPS) is 15.5. The first-order chi connectivity index (χ1) is 13.5. The zero-order chi connectivity index (χ0) is 20.1. The highest BCUT2D eigenvalue weighted by Gasteiger charge is 2.19. The molecular formula is C23H28N4O. The van der Waals surface area contributed by atoms with Crippen LogP contribution in [0, 0.1) is 0 Å². The van der Waals surface area contributed by atoms with E-state index < -0.39 is 0 Å². The highest BCUT2D eigenvalue weighted by molar-refractivity contribution is 6.05. The summed E-state index contributed by atoms with van der Waals surface area (Å²) in [4.78, 5) is 19.1. The number of aromatic nitrogens is 2. The van der Waals surface area contributed by atoms with Gasteiger partial charge in [0.05, 0.1) is 16.6 Å². The highest BCUT2D eigenvalue weighted by atomic mass is 16.1. The van der Waals surface area contributed by atoms with Crippen molar-refractivity contribution in [3.8, 4) is 0 Å². The van der Waals surface area contributed by atoms with Crippen LogP contribution >= 0.6 is 0 Å². The predicted octanol–water partition coefficient (Wildman–Crippen LogP) is 4.50. The van der Waals surface area contributed by atoms with Gasteiger partial charge in [-0.15, -0.1) is 0 Å². The number of hydrogen-bond acceptors (Lipinski definition) is 3. The molecule has 0 saturated heterocycles. The van der Waals surface area contributed by atoms with Gasteiger partial charge >= 0.3 is 0 Å². The van der Waals surface area contributed by atoms with Gasteiger partial charge in [-0.05, 0) is 51.0 Å². The predicted molar refractivity (Wildman–Crippen MR) is 116 cm³/mol. The van der Waals surface area contributed by atoms with E-state index >= 15 is 0 Å². The van der Waals surface area contributed by atoms with Crippen molar-refractivity contribution >= 4 is 23.0 Å². The second kappa shape index (κ2) is 8.74. The molecule has 3 rings (SSSR count). The summed E-state index contributed by atoms with van der Waals surface area (Å²) >= 11 is 0. The van der Waals surface area contributed by atoms with Crippen LogP contribution in [0.1, 0.15) is 43.4 Å². The Kier molecular flexibility index (Phi) is 6.14. The fraction of sp³-hybridized carbons (Fsp3) is 0.304. The standard InChI is InChI=1S/C23H28N4O/c1-5-6-7-8-10-17(2)18(3)26(4)15-13-21-25-20-12-9-11-19-22(20)27(21)16-14-24-23(19)28/h5-6,8-13,15H,7,14,16H2,1-4H3,(H,24,28)/b6-5-,10-8?,15-13+,18-17+. The fourth-order valence-electron chi connectivity index (χ4n) is 3.27. The number of para-hydroxylation sites is 1. The van der Waals surface area contributed by atoms with E-state index in [1.54, 1.807) is 0 Å². The number of rotatable bonds is 6. The molecule has 5 heteroatoms. The van der Waals surface area contributed by atoms with Gasteiger partial charge in [0, 0.05) is 32.0 Å². The van der Waals surface area contributed by atoms with Crippen molar-refractivity contribution in [2.24, 2.45) is 0 Å². The molecule has 1 aromatic heterocycles. The SMILES string of the molecule is C/C=C\CC=C/C(C)=C(\C)N(C)/C=C/c1nc2cccc3c2n1CCNC3=O. The van der Waals surface area contributed by atoms with Gasteiger partial charge in [0.25, 0.3) is 5.91 Å². The van der Waals surface area contributed by atoms with Gasteiger partial charge in [0.1, 0.15) is 5.82 Å². The van der Waals surface area contributed by atoms with Crippen molar-refractivity contribution in [1.82, 2.24) is 19.8 Å². The zero-order valence-electron chi connectivity index (χ0n) is 17.1. The average molecular weight is 377 g/mol. The number of carbonyl (C=O) groups is 1. The van der Waals surface area contributed by atoms with Crippen LogP contribution in [0.3, 0.4) is 0 Å². The van der Waals surface area contributed by atoms with Crippen LogP contribution in [0.25, 0.3) is 17.1 Å². The summed E-state index contributed by atoms with van der Waals surface area (Å²) in [6, 6.07) is 5.70. The molecule has 1 aliphatic rings. The third-order valence-corrected chi connectivity index (χ3v) is 5.08. The number of nitrogens with one attached hydrogen (secondary N) is 1. The molecule has 1 amide bonds. The minimum Gasteiger partial charge on any atom is -0.354 e.